The molecular formula is C3H4O2P. The van der Waals surface area contributed by atoms with Crippen LogP contribution >= 0.6 is 8.46 Å². The zero-order chi connectivity index (χ0) is 4.99. The quantitative estimate of drug-likeness (QED) is 0.387. The van der Waals surface area contributed by atoms with E-state index in [1.54, 1.807) is 0 Å². The van der Waals surface area contributed by atoms with Gasteiger partial charge in [0.05, 0.1) is 7.11 Å². The van der Waals surface area contributed by atoms with E-state index in [4.69, 9.17) is 6.58 Å². The second-order valence-electron chi connectivity index (χ2n) is 0.634. The molecule has 0 atom stereocenters. The highest BCUT2D eigenvalue weighted by Gasteiger charge is 1.80. The molecule has 3 heteroatoms. The van der Waals surface area contributed by atoms with Gasteiger partial charge >= 0.3 is 0 Å². The third-order valence-electron chi connectivity index (χ3n) is 0.299. The van der Waals surface area contributed by atoms with Crippen LogP contribution in [0.4, 0.5) is 0 Å². The first-order valence-electron chi connectivity index (χ1n) is 1.31. The minimum atomic E-state index is -0.250. The van der Waals surface area contributed by atoms with Crippen LogP contribution in [0.25, 0.3) is 0 Å². The first kappa shape index (κ1) is 5.64. The summed E-state index contributed by atoms with van der Waals surface area (Å²) in [5.41, 5.74) is 0.00926. The van der Waals surface area contributed by atoms with E-state index in [1.807, 2.05) is 0 Å². The summed E-state index contributed by atoms with van der Waals surface area (Å²) in [6, 6.07) is 0. The molecule has 0 aromatic heterocycles. The Balaban J connectivity index is 3.23. The average Bonchev–Trinajstić information content (AvgIpc) is 1.65. The molecule has 0 aliphatic rings. The van der Waals surface area contributed by atoms with E-state index in [0.29, 0.717) is 0 Å². The second kappa shape index (κ2) is 2.86. The van der Waals surface area contributed by atoms with Crippen LogP contribution in [0.1, 0.15) is 0 Å². The molecule has 33 valence electrons. The van der Waals surface area contributed by atoms with Crippen molar-refractivity contribution in [2.75, 3.05) is 7.11 Å². The standard InChI is InChI=1S/C3H4O2P/c1-3(5-2)6-4/h1H,2H3. The average molecular weight is 103 g/mol. The molecule has 0 fully saturated rings. The molecule has 0 heterocycles. The Hall–Kier alpha value is -0.360. The van der Waals surface area contributed by atoms with Gasteiger partial charge in [-0.3, -0.25) is 4.57 Å². The molecule has 0 amide bonds. The van der Waals surface area contributed by atoms with Crippen LogP contribution < -0.4 is 0 Å². The molecule has 0 N–H and O–H groups in total. The third kappa shape index (κ3) is 1.91. The molecule has 1 radical (unpaired) electrons. The monoisotopic (exact) mass is 103 g/mol. The first-order valence-corrected chi connectivity index (χ1v) is 2.12. The van der Waals surface area contributed by atoms with Crippen LogP contribution in [0.5, 0.6) is 0 Å². The van der Waals surface area contributed by atoms with E-state index in [2.05, 4.69) is 4.74 Å². The van der Waals surface area contributed by atoms with Crippen molar-refractivity contribution in [3.05, 3.63) is 12.1 Å². The van der Waals surface area contributed by atoms with E-state index in [-0.39, 0.29) is 14.0 Å². The van der Waals surface area contributed by atoms with Crippen LogP contribution in [0.15, 0.2) is 5.50 Å². The van der Waals surface area contributed by atoms with Gasteiger partial charge in [-0.15, -0.1) is 0 Å². The molecule has 0 aromatic rings. The smallest absolute Gasteiger partial charge is 0.230 e. The number of hydrogen-bond donors (Lipinski definition) is 0. The van der Waals surface area contributed by atoms with Crippen LogP contribution in [-0.4, -0.2) is 7.11 Å². The van der Waals surface area contributed by atoms with Crippen molar-refractivity contribution < 1.29 is 9.30 Å². The van der Waals surface area contributed by atoms with E-state index in [0.717, 1.165) is 0 Å². The van der Waals surface area contributed by atoms with Gasteiger partial charge in [0.15, 0.2) is 5.50 Å². The molecule has 0 bridgehead atoms. The predicted octanol–water partition coefficient (Wildman–Crippen LogP) is 1.20. The summed E-state index contributed by atoms with van der Waals surface area (Å²) in [6.45, 7) is 4.84. The highest BCUT2D eigenvalue weighted by Crippen LogP contribution is 2.05. The molecule has 0 unspecified atom stereocenters. The maximum atomic E-state index is 9.55. The van der Waals surface area contributed by atoms with Crippen molar-refractivity contribution in [1.29, 1.82) is 0 Å². The molecule has 0 saturated heterocycles. The van der Waals surface area contributed by atoms with Gasteiger partial charge in [-0.1, -0.05) is 0 Å². The van der Waals surface area contributed by atoms with Gasteiger partial charge in [-0.25, -0.2) is 0 Å². The summed E-state index contributed by atoms with van der Waals surface area (Å²) in [5, 5.41) is 0. The second-order valence-corrected chi connectivity index (χ2v) is 1.26. The summed E-state index contributed by atoms with van der Waals surface area (Å²) in [5.74, 6) is 0. The fourth-order valence-corrected chi connectivity index (χ4v) is 0.112. The van der Waals surface area contributed by atoms with Gasteiger partial charge in [-0.05, 0) is 6.58 Å². The van der Waals surface area contributed by atoms with Gasteiger partial charge in [0, 0.05) is 0 Å². The number of rotatable bonds is 2. The minimum Gasteiger partial charge on any atom is -0.489 e. The Morgan fingerprint density at radius 1 is 2.00 bits per heavy atom. The van der Waals surface area contributed by atoms with Crippen molar-refractivity contribution in [3.63, 3.8) is 0 Å². The normalized spacial score (nSPS) is 8.17. The van der Waals surface area contributed by atoms with Gasteiger partial charge < -0.3 is 4.74 Å². The summed E-state index contributed by atoms with van der Waals surface area (Å²) in [7, 11) is 1.11. The Morgan fingerprint density at radius 2 is 2.50 bits per heavy atom. The molecular weight excluding hydrogens is 99.0 g/mol. The number of ether oxygens (including phenoxy) is 1. The lowest BCUT2D eigenvalue weighted by Crippen LogP contribution is -1.67. The van der Waals surface area contributed by atoms with Crippen molar-refractivity contribution in [1.82, 2.24) is 0 Å². The Morgan fingerprint density at radius 3 is 2.50 bits per heavy atom. The van der Waals surface area contributed by atoms with Crippen molar-refractivity contribution >= 4 is 8.46 Å². The summed E-state index contributed by atoms with van der Waals surface area (Å²) >= 11 is 0. The molecule has 6 heavy (non-hydrogen) atoms. The maximum absolute atomic E-state index is 9.55. The van der Waals surface area contributed by atoms with E-state index < -0.39 is 0 Å². The van der Waals surface area contributed by atoms with Crippen molar-refractivity contribution in [2.24, 2.45) is 0 Å². The molecule has 0 rings (SSSR count). The zero-order valence-electron chi connectivity index (χ0n) is 3.34. The predicted molar refractivity (Wildman–Crippen MR) is 22.4 cm³/mol. The lowest BCUT2D eigenvalue weighted by molar-refractivity contribution is 0.321. The fourth-order valence-electron chi connectivity index (χ4n) is 0.0373. The zero-order valence-corrected chi connectivity index (χ0v) is 4.24. The SMILES string of the molecule is [CH]=C(OC)P=O. The molecule has 0 aliphatic heterocycles. The van der Waals surface area contributed by atoms with Crippen LogP contribution in [-0.2, 0) is 9.30 Å². The summed E-state index contributed by atoms with van der Waals surface area (Å²) in [4.78, 5) is 0. The van der Waals surface area contributed by atoms with Gasteiger partial charge in [0.2, 0.25) is 8.46 Å². The van der Waals surface area contributed by atoms with Crippen molar-refractivity contribution in [3.8, 4) is 0 Å². The molecule has 2 nitrogen and oxygen atoms in total. The van der Waals surface area contributed by atoms with E-state index in [1.165, 1.54) is 7.11 Å². The minimum absolute atomic E-state index is 0.00926. The Kier molecular flexibility index (Phi) is 2.68. The number of hydrogen-bond acceptors (Lipinski definition) is 2. The van der Waals surface area contributed by atoms with Gasteiger partial charge in [0.25, 0.3) is 0 Å². The maximum Gasteiger partial charge on any atom is 0.230 e. The lowest BCUT2D eigenvalue weighted by atomic mass is 11.1. The van der Waals surface area contributed by atoms with Crippen LogP contribution in [0.3, 0.4) is 0 Å². The molecule has 0 aliphatic carbocycles. The molecule has 0 spiro atoms. The van der Waals surface area contributed by atoms with Crippen LogP contribution in [0, 0.1) is 6.58 Å². The lowest BCUT2D eigenvalue weighted by Gasteiger charge is -1.85. The fraction of sp³-hybridized carbons (Fsp3) is 0.333. The van der Waals surface area contributed by atoms with Crippen molar-refractivity contribution in [2.45, 2.75) is 0 Å². The van der Waals surface area contributed by atoms with E-state index >= 15 is 0 Å². The Labute approximate surface area is 38.0 Å². The Bertz CT molecular complexity index is 69.2. The summed E-state index contributed by atoms with van der Waals surface area (Å²) in [6.07, 6.45) is 0. The molecule has 0 saturated carbocycles. The summed E-state index contributed by atoms with van der Waals surface area (Å²) < 4.78 is 13.8. The highest BCUT2D eigenvalue weighted by molar-refractivity contribution is 7.28. The van der Waals surface area contributed by atoms with Crippen LogP contribution in [0.2, 0.25) is 0 Å². The highest BCUT2D eigenvalue weighted by atomic mass is 31.1. The van der Waals surface area contributed by atoms with Gasteiger partial charge in [-0.2, -0.15) is 0 Å². The molecule has 0 aromatic carbocycles. The van der Waals surface area contributed by atoms with Gasteiger partial charge in [0.1, 0.15) is 0 Å². The third-order valence-corrected chi connectivity index (χ3v) is 0.662. The largest absolute Gasteiger partial charge is 0.489 e. The topological polar surface area (TPSA) is 26.3 Å². The first-order chi connectivity index (χ1) is 2.81. The number of methoxy groups -OCH3 is 1. The van der Waals surface area contributed by atoms with E-state index in [9.17, 15) is 4.57 Å².